The van der Waals surface area contributed by atoms with E-state index in [0.717, 1.165) is 26.0 Å². The van der Waals surface area contributed by atoms with Gasteiger partial charge < -0.3 is 15.8 Å². The van der Waals surface area contributed by atoms with Crippen molar-refractivity contribution in [2.24, 2.45) is 5.73 Å². The first kappa shape index (κ1) is 13.5. The van der Waals surface area contributed by atoms with Gasteiger partial charge in [0.05, 0.1) is 6.10 Å². The van der Waals surface area contributed by atoms with Crippen molar-refractivity contribution in [3.8, 4) is 0 Å². The summed E-state index contributed by atoms with van der Waals surface area (Å²) in [5, 5.41) is 3.60. The van der Waals surface area contributed by atoms with Gasteiger partial charge in [0.25, 0.3) is 0 Å². The van der Waals surface area contributed by atoms with Gasteiger partial charge in [-0.05, 0) is 38.8 Å². The topological polar surface area (TPSA) is 47.3 Å². The molecule has 18 heavy (non-hydrogen) atoms. The third kappa shape index (κ3) is 3.10. The van der Waals surface area contributed by atoms with E-state index in [2.05, 4.69) is 31.3 Å². The van der Waals surface area contributed by atoms with Gasteiger partial charge in [0.2, 0.25) is 0 Å². The van der Waals surface area contributed by atoms with Gasteiger partial charge in [-0.25, -0.2) is 0 Å². The SMILES string of the molecule is CC1OCCC1(C)NCCC(N)c1ccccc1. The highest BCUT2D eigenvalue weighted by atomic mass is 16.5. The molecule has 0 bridgehead atoms. The molecular weight excluding hydrogens is 224 g/mol. The fourth-order valence-corrected chi connectivity index (χ4v) is 2.45. The molecule has 1 aromatic carbocycles. The largest absolute Gasteiger partial charge is 0.377 e. The van der Waals surface area contributed by atoms with Gasteiger partial charge in [-0.15, -0.1) is 0 Å². The van der Waals surface area contributed by atoms with E-state index in [0.29, 0.717) is 0 Å². The van der Waals surface area contributed by atoms with Crippen LogP contribution in [0.5, 0.6) is 0 Å². The van der Waals surface area contributed by atoms with Crippen molar-refractivity contribution in [2.75, 3.05) is 13.2 Å². The normalized spacial score (nSPS) is 29.4. The second kappa shape index (κ2) is 5.83. The molecule has 0 amide bonds. The van der Waals surface area contributed by atoms with E-state index < -0.39 is 0 Å². The van der Waals surface area contributed by atoms with Crippen molar-refractivity contribution in [2.45, 2.75) is 44.4 Å². The number of benzene rings is 1. The van der Waals surface area contributed by atoms with Crippen LogP contribution in [-0.2, 0) is 4.74 Å². The Morgan fingerprint density at radius 3 is 2.78 bits per heavy atom. The van der Waals surface area contributed by atoms with Crippen LogP contribution in [0.1, 0.15) is 38.3 Å². The van der Waals surface area contributed by atoms with Crippen LogP contribution in [0.3, 0.4) is 0 Å². The van der Waals surface area contributed by atoms with Crippen molar-refractivity contribution < 1.29 is 4.74 Å². The van der Waals surface area contributed by atoms with Gasteiger partial charge in [-0.1, -0.05) is 30.3 Å². The summed E-state index contributed by atoms with van der Waals surface area (Å²) >= 11 is 0. The highest BCUT2D eigenvalue weighted by Crippen LogP contribution is 2.25. The third-order valence-corrected chi connectivity index (χ3v) is 4.10. The Labute approximate surface area is 110 Å². The number of hydrogen-bond acceptors (Lipinski definition) is 3. The van der Waals surface area contributed by atoms with Crippen LogP contribution in [0.2, 0.25) is 0 Å². The molecule has 3 N–H and O–H groups in total. The molecule has 0 aromatic heterocycles. The molecule has 1 fully saturated rings. The van der Waals surface area contributed by atoms with Gasteiger partial charge in [0.15, 0.2) is 0 Å². The molecule has 3 atom stereocenters. The zero-order chi connectivity index (χ0) is 13.0. The molecule has 1 aromatic rings. The molecule has 100 valence electrons. The van der Waals surface area contributed by atoms with E-state index in [1.807, 2.05) is 18.2 Å². The summed E-state index contributed by atoms with van der Waals surface area (Å²) in [5.74, 6) is 0. The Bertz CT molecular complexity index is 368. The summed E-state index contributed by atoms with van der Waals surface area (Å²) in [5.41, 5.74) is 7.50. The van der Waals surface area contributed by atoms with Crippen LogP contribution in [-0.4, -0.2) is 24.8 Å². The maximum absolute atomic E-state index is 6.19. The second-order valence-corrected chi connectivity index (χ2v) is 5.41. The van der Waals surface area contributed by atoms with Gasteiger partial charge in [-0.3, -0.25) is 0 Å². The molecule has 3 unspecified atom stereocenters. The number of nitrogens with two attached hydrogens (primary N) is 1. The van der Waals surface area contributed by atoms with Gasteiger partial charge in [0.1, 0.15) is 0 Å². The molecule has 3 nitrogen and oxygen atoms in total. The quantitative estimate of drug-likeness (QED) is 0.840. The van der Waals surface area contributed by atoms with Crippen LogP contribution >= 0.6 is 0 Å². The Morgan fingerprint density at radius 2 is 2.17 bits per heavy atom. The third-order valence-electron chi connectivity index (χ3n) is 4.10. The number of hydrogen-bond donors (Lipinski definition) is 2. The van der Waals surface area contributed by atoms with Crippen molar-refractivity contribution >= 4 is 0 Å². The molecule has 2 rings (SSSR count). The highest BCUT2D eigenvalue weighted by Gasteiger charge is 2.36. The van der Waals surface area contributed by atoms with Crippen molar-refractivity contribution in [3.63, 3.8) is 0 Å². The number of nitrogens with one attached hydrogen (secondary N) is 1. The first-order chi connectivity index (χ1) is 8.62. The number of ether oxygens (including phenoxy) is 1. The maximum Gasteiger partial charge on any atom is 0.0726 e. The fraction of sp³-hybridized carbons (Fsp3) is 0.600. The lowest BCUT2D eigenvalue weighted by atomic mass is 9.94. The minimum absolute atomic E-state index is 0.108. The van der Waals surface area contributed by atoms with E-state index in [1.165, 1.54) is 5.56 Å². The van der Waals surface area contributed by atoms with Crippen molar-refractivity contribution in [3.05, 3.63) is 35.9 Å². The predicted octanol–water partition coefficient (Wildman–Crippen LogP) is 2.23. The average Bonchev–Trinajstić information content (AvgIpc) is 2.71. The number of rotatable bonds is 5. The molecule has 0 radical (unpaired) electrons. The standard InChI is InChI=1S/C15H24N2O/c1-12-15(2,9-11-18-12)17-10-8-14(16)13-6-4-3-5-7-13/h3-7,12,14,17H,8-11,16H2,1-2H3. The first-order valence-corrected chi connectivity index (χ1v) is 6.79. The van der Waals surface area contributed by atoms with E-state index in [4.69, 9.17) is 10.5 Å². The predicted molar refractivity (Wildman–Crippen MR) is 74.4 cm³/mol. The van der Waals surface area contributed by atoms with Crippen LogP contribution in [0.15, 0.2) is 30.3 Å². The summed E-state index contributed by atoms with van der Waals surface area (Å²) < 4.78 is 5.62. The van der Waals surface area contributed by atoms with Crippen LogP contribution < -0.4 is 11.1 Å². The van der Waals surface area contributed by atoms with Crippen LogP contribution in [0.4, 0.5) is 0 Å². The molecule has 3 heteroatoms. The van der Waals surface area contributed by atoms with Crippen molar-refractivity contribution in [1.29, 1.82) is 0 Å². The van der Waals surface area contributed by atoms with E-state index in [-0.39, 0.29) is 17.7 Å². The Kier molecular flexibility index (Phi) is 4.38. The summed E-state index contributed by atoms with van der Waals surface area (Å²) in [6.07, 6.45) is 2.31. The molecule has 0 aliphatic carbocycles. The van der Waals surface area contributed by atoms with Gasteiger partial charge >= 0.3 is 0 Å². The Balaban J connectivity index is 1.79. The Morgan fingerprint density at radius 1 is 1.44 bits per heavy atom. The van der Waals surface area contributed by atoms with E-state index in [1.54, 1.807) is 0 Å². The smallest absolute Gasteiger partial charge is 0.0726 e. The zero-order valence-corrected chi connectivity index (χ0v) is 11.4. The van der Waals surface area contributed by atoms with Crippen LogP contribution in [0, 0.1) is 0 Å². The summed E-state index contributed by atoms with van der Waals surface area (Å²) in [6, 6.07) is 10.4. The van der Waals surface area contributed by atoms with E-state index in [9.17, 15) is 0 Å². The molecule has 1 aliphatic heterocycles. The zero-order valence-electron chi connectivity index (χ0n) is 11.4. The summed E-state index contributed by atoms with van der Waals surface area (Å²) in [4.78, 5) is 0. The summed E-state index contributed by atoms with van der Waals surface area (Å²) in [6.45, 7) is 6.16. The highest BCUT2D eigenvalue weighted by molar-refractivity contribution is 5.18. The molecule has 0 saturated carbocycles. The maximum atomic E-state index is 6.19. The molecule has 0 spiro atoms. The lowest BCUT2D eigenvalue weighted by Crippen LogP contribution is -2.48. The molecular formula is C15H24N2O. The fourth-order valence-electron chi connectivity index (χ4n) is 2.45. The Hall–Kier alpha value is -0.900. The van der Waals surface area contributed by atoms with Crippen LogP contribution in [0.25, 0.3) is 0 Å². The first-order valence-electron chi connectivity index (χ1n) is 6.79. The molecule has 1 heterocycles. The van der Waals surface area contributed by atoms with Gasteiger partial charge in [-0.2, -0.15) is 0 Å². The monoisotopic (exact) mass is 248 g/mol. The minimum atomic E-state index is 0.108. The van der Waals surface area contributed by atoms with Gasteiger partial charge in [0, 0.05) is 18.2 Å². The molecule has 1 saturated heterocycles. The minimum Gasteiger partial charge on any atom is -0.377 e. The molecule has 1 aliphatic rings. The lowest BCUT2D eigenvalue weighted by Gasteiger charge is -2.29. The van der Waals surface area contributed by atoms with E-state index >= 15 is 0 Å². The van der Waals surface area contributed by atoms with Crippen molar-refractivity contribution in [1.82, 2.24) is 5.32 Å². The second-order valence-electron chi connectivity index (χ2n) is 5.41. The average molecular weight is 248 g/mol. The lowest BCUT2D eigenvalue weighted by molar-refractivity contribution is 0.0885. The summed E-state index contributed by atoms with van der Waals surface area (Å²) in [7, 11) is 0.